The maximum absolute atomic E-state index is 14.2. The second kappa shape index (κ2) is 5.80. The lowest BCUT2D eigenvalue weighted by Crippen LogP contribution is -2.11. The summed E-state index contributed by atoms with van der Waals surface area (Å²) < 4.78 is 33.2. The van der Waals surface area contributed by atoms with Crippen molar-refractivity contribution in [1.29, 1.82) is 0 Å². The van der Waals surface area contributed by atoms with Gasteiger partial charge in [-0.1, -0.05) is 31.2 Å². The highest BCUT2D eigenvalue weighted by Crippen LogP contribution is 2.31. The fourth-order valence-electron chi connectivity index (χ4n) is 1.75. The second-order valence-electron chi connectivity index (χ2n) is 4.21. The summed E-state index contributed by atoms with van der Waals surface area (Å²) in [5.74, 6) is -1.51. The highest BCUT2D eigenvalue weighted by Gasteiger charge is 2.19. The van der Waals surface area contributed by atoms with Crippen LogP contribution in [0, 0.1) is 11.6 Å². The molecule has 2 aromatic rings. The first-order valence-electron chi connectivity index (χ1n) is 6.09. The van der Waals surface area contributed by atoms with E-state index in [4.69, 9.17) is 10.5 Å². The van der Waals surface area contributed by atoms with Gasteiger partial charge in [0.25, 0.3) is 0 Å². The zero-order valence-corrected chi connectivity index (χ0v) is 10.6. The van der Waals surface area contributed by atoms with Crippen molar-refractivity contribution in [3.63, 3.8) is 0 Å². The Morgan fingerprint density at radius 1 is 1.11 bits per heavy atom. The molecule has 19 heavy (non-hydrogen) atoms. The van der Waals surface area contributed by atoms with Crippen LogP contribution in [0.4, 0.5) is 8.78 Å². The Bertz CT molecular complexity index is 558. The van der Waals surface area contributed by atoms with Crippen molar-refractivity contribution in [2.75, 3.05) is 0 Å². The molecule has 2 aromatic carbocycles. The molecule has 0 heterocycles. The van der Waals surface area contributed by atoms with Gasteiger partial charge >= 0.3 is 0 Å². The molecule has 0 aliphatic rings. The predicted octanol–water partition coefficient (Wildman–Crippen LogP) is 4.17. The minimum absolute atomic E-state index is 0.259. The number of halogens is 2. The van der Waals surface area contributed by atoms with E-state index < -0.39 is 23.4 Å². The number of hydrogen-bond acceptors (Lipinski definition) is 2. The molecule has 0 aliphatic carbocycles. The van der Waals surface area contributed by atoms with Gasteiger partial charge in [0.2, 0.25) is 0 Å². The van der Waals surface area contributed by atoms with E-state index in [1.165, 1.54) is 12.1 Å². The molecule has 0 aliphatic heterocycles. The molecule has 0 radical (unpaired) electrons. The average Bonchev–Trinajstić information content (AvgIpc) is 2.44. The molecular formula is C15H15F2NO. The molecule has 0 unspecified atom stereocenters. The number of nitrogens with two attached hydrogens (primary N) is 1. The van der Waals surface area contributed by atoms with E-state index in [0.717, 1.165) is 0 Å². The third kappa shape index (κ3) is 2.90. The summed E-state index contributed by atoms with van der Waals surface area (Å²) in [5, 5.41) is 0. The zero-order chi connectivity index (χ0) is 13.8. The van der Waals surface area contributed by atoms with Gasteiger partial charge in [0.05, 0.1) is 0 Å². The van der Waals surface area contributed by atoms with Crippen LogP contribution < -0.4 is 10.5 Å². The molecular weight excluding hydrogens is 248 g/mol. The highest BCUT2D eigenvalue weighted by atomic mass is 19.1. The lowest BCUT2D eigenvalue weighted by Gasteiger charge is -2.14. The second-order valence-corrected chi connectivity index (χ2v) is 4.21. The van der Waals surface area contributed by atoms with E-state index in [0.29, 0.717) is 12.2 Å². The SMILES string of the molecule is CC[C@@H](N)c1ccc(F)c(Oc2ccccc2)c1F. The Morgan fingerprint density at radius 2 is 1.79 bits per heavy atom. The van der Waals surface area contributed by atoms with Gasteiger partial charge in [-0.05, 0) is 24.6 Å². The molecule has 0 amide bonds. The Balaban J connectivity index is 2.39. The van der Waals surface area contributed by atoms with Crippen molar-refractivity contribution in [2.45, 2.75) is 19.4 Å². The van der Waals surface area contributed by atoms with Crippen LogP contribution in [0.1, 0.15) is 24.9 Å². The Hall–Kier alpha value is -1.94. The molecule has 2 nitrogen and oxygen atoms in total. The minimum Gasteiger partial charge on any atom is -0.451 e. The quantitative estimate of drug-likeness (QED) is 0.898. The van der Waals surface area contributed by atoms with E-state index >= 15 is 0 Å². The molecule has 0 saturated carbocycles. The van der Waals surface area contributed by atoms with E-state index in [2.05, 4.69) is 0 Å². The monoisotopic (exact) mass is 263 g/mol. The van der Waals surface area contributed by atoms with Crippen LogP contribution in [0.15, 0.2) is 42.5 Å². The summed E-state index contributed by atoms with van der Waals surface area (Å²) in [4.78, 5) is 0. The van der Waals surface area contributed by atoms with Crippen LogP contribution in [0.5, 0.6) is 11.5 Å². The summed E-state index contributed by atoms with van der Waals surface area (Å²) in [6.45, 7) is 1.84. The smallest absolute Gasteiger partial charge is 0.198 e. The van der Waals surface area contributed by atoms with Crippen molar-refractivity contribution in [3.8, 4) is 11.5 Å². The maximum atomic E-state index is 14.2. The first-order chi connectivity index (χ1) is 9.13. The van der Waals surface area contributed by atoms with Crippen molar-refractivity contribution >= 4 is 0 Å². The normalized spacial score (nSPS) is 12.2. The number of para-hydroxylation sites is 1. The summed E-state index contributed by atoms with van der Waals surface area (Å²) in [6, 6.07) is 10.6. The third-order valence-corrected chi connectivity index (χ3v) is 2.88. The summed E-state index contributed by atoms with van der Waals surface area (Å²) in [5.41, 5.74) is 6.05. The zero-order valence-electron chi connectivity index (χ0n) is 10.6. The van der Waals surface area contributed by atoms with Crippen molar-refractivity contribution < 1.29 is 13.5 Å². The number of ether oxygens (including phenoxy) is 1. The summed E-state index contributed by atoms with van der Waals surface area (Å²) in [6.07, 6.45) is 0.563. The number of rotatable bonds is 4. The Labute approximate surface area is 110 Å². The lowest BCUT2D eigenvalue weighted by molar-refractivity contribution is 0.401. The van der Waals surface area contributed by atoms with Gasteiger partial charge in [0, 0.05) is 11.6 Å². The van der Waals surface area contributed by atoms with E-state index in [1.807, 2.05) is 6.92 Å². The molecule has 0 spiro atoms. The average molecular weight is 263 g/mol. The van der Waals surface area contributed by atoms with Crippen LogP contribution in [0.2, 0.25) is 0 Å². The van der Waals surface area contributed by atoms with Crippen LogP contribution in [-0.2, 0) is 0 Å². The van der Waals surface area contributed by atoms with Gasteiger partial charge in [-0.15, -0.1) is 0 Å². The molecule has 2 rings (SSSR count). The first-order valence-corrected chi connectivity index (χ1v) is 6.09. The van der Waals surface area contributed by atoms with Crippen LogP contribution in [0.25, 0.3) is 0 Å². The molecule has 0 bridgehead atoms. The van der Waals surface area contributed by atoms with Gasteiger partial charge in [0.15, 0.2) is 17.4 Å². The predicted molar refractivity (Wildman–Crippen MR) is 70.1 cm³/mol. The lowest BCUT2D eigenvalue weighted by atomic mass is 10.0. The molecule has 0 saturated heterocycles. The topological polar surface area (TPSA) is 35.2 Å². The minimum atomic E-state index is -0.742. The first kappa shape index (κ1) is 13.5. The van der Waals surface area contributed by atoms with Gasteiger partial charge in [-0.3, -0.25) is 0 Å². The largest absolute Gasteiger partial charge is 0.451 e. The fraction of sp³-hybridized carbons (Fsp3) is 0.200. The summed E-state index contributed by atoms with van der Waals surface area (Å²) in [7, 11) is 0. The van der Waals surface area contributed by atoms with Crippen molar-refractivity contribution in [3.05, 3.63) is 59.7 Å². The van der Waals surface area contributed by atoms with E-state index in [9.17, 15) is 8.78 Å². The van der Waals surface area contributed by atoms with Crippen LogP contribution in [0.3, 0.4) is 0 Å². The molecule has 0 fully saturated rings. The van der Waals surface area contributed by atoms with Gasteiger partial charge < -0.3 is 10.5 Å². The Morgan fingerprint density at radius 3 is 2.42 bits per heavy atom. The van der Waals surface area contributed by atoms with Crippen molar-refractivity contribution in [1.82, 2.24) is 0 Å². The van der Waals surface area contributed by atoms with E-state index in [-0.39, 0.29) is 5.56 Å². The number of hydrogen-bond donors (Lipinski definition) is 1. The van der Waals surface area contributed by atoms with Gasteiger partial charge in [-0.2, -0.15) is 0 Å². The van der Waals surface area contributed by atoms with Gasteiger partial charge in [-0.25, -0.2) is 8.78 Å². The molecule has 2 N–H and O–H groups in total. The highest BCUT2D eigenvalue weighted by molar-refractivity contribution is 5.38. The van der Waals surface area contributed by atoms with Crippen molar-refractivity contribution in [2.24, 2.45) is 5.73 Å². The number of benzene rings is 2. The molecule has 4 heteroatoms. The summed E-state index contributed by atoms with van der Waals surface area (Å²) >= 11 is 0. The molecule has 0 aromatic heterocycles. The van der Waals surface area contributed by atoms with Crippen LogP contribution in [-0.4, -0.2) is 0 Å². The third-order valence-electron chi connectivity index (χ3n) is 2.88. The Kier molecular flexibility index (Phi) is 4.12. The maximum Gasteiger partial charge on any atom is 0.198 e. The molecule has 100 valence electrons. The van der Waals surface area contributed by atoms with Gasteiger partial charge in [0.1, 0.15) is 5.75 Å². The fourth-order valence-corrected chi connectivity index (χ4v) is 1.75. The molecule has 1 atom stereocenters. The standard InChI is InChI=1S/C15H15F2NO/c1-2-13(18)11-8-9-12(16)15(14(11)17)19-10-6-4-3-5-7-10/h3-9,13H,2,18H2,1H3/t13-/m1/s1. The van der Waals surface area contributed by atoms with E-state index in [1.54, 1.807) is 30.3 Å². The van der Waals surface area contributed by atoms with Crippen LogP contribution >= 0.6 is 0 Å².